The van der Waals surface area contributed by atoms with Gasteiger partial charge in [0.15, 0.2) is 0 Å². The molecule has 9 heavy (non-hydrogen) atoms. The maximum absolute atomic E-state index is 3.02. The van der Waals surface area contributed by atoms with E-state index in [0.717, 1.165) is 6.54 Å². The molecule has 0 aliphatic carbocycles. The van der Waals surface area contributed by atoms with Crippen molar-refractivity contribution in [2.24, 2.45) is 5.41 Å². The second kappa shape index (κ2) is 6.51. The minimum absolute atomic E-state index is 0.418. The van der Waals surface area contributed by atoms with Gasteiger partial charge in [-0.25, -0.2) is 0 Å². The van der Waals surface area contributed by atoms with E-state index in [4.69, 9.17) is 0 Å². The van der Waals surface area contributed by atoms with Gasteiger partial charge in [0.05, 0.1) is 0 Å². The Bertz CT molecular complexity index is 47.4. The van der Waals surface area contributed by atoms with Gasteiger partial charge in [-0.2, -0.15) is 0 Å². The Morgan fingerprint density at radius 3 is 1.56 bits per heavy atom. The average Bonchev–Trinajstić information content (AvgIpc) is 1.69. The maximum Gasteiger partial charge on any atom is 0.00343 e. The van der Waals surface area contributed by atoms with E-state index in [-0.39, 0.29) is 0 Å². The Morgan fingerprint density at radius 2 is 1.56 bits per heavy atom. The number of rotatable bonds is 1. The van der Waals surface area contributed by atoms with Crippen LogP contribution in [0.4, 0.5) is 0 Å². The van der Waals surface area contributed by atoms with Gasteiger partial charge in [-0.05, 0) is 5.41 Å². The lowest BCUT2D eigenvalue weighted by atomic mass is 9.98. The zero-order chi connectivity index (χ0) is 7.91. The summed E-state index contributed by atoms with van der Waals surface area (Å²) in [7, 11) is 2.49. The van der Waals surface area contributed by atoms with Gasteiger partial charge in [0.1, 0.15) is 0 Å². The highest BCUT2D eigenvalue weighted by Gasteiger charge is 2.06. The minimum Gasteiger partial charge on any atom is -0.300 e. The summed E-state index contributed by atoms with van der Waals surface area (Å²) in [6.45, 7) is 11.6. The van der Waals surface area contributed by atoms with Crippen molar-refractivity contribution in [2.75, 3.05) is 6.54 Å². The lowest BCUT2D eigenvalue weighted by molar-refractivity contribution is 0.415. The van der Waals surface area contributed by atoms with E-state index in [1.165, 1.54) is 0 Å². The molecule has 2 heteroatoms. The first-order valence-electron chi connectivity index (χ1n) is 3.50. The molecule has 0 aromatic carbocycles. The molecule has 1 nitrogen and oxygen atoms in total. The van der Waals surface area contributed by atoms with Crippen LogP contribution in [0, 0.1) is 5.41 Å². The Balaban J connectivity index is 0. The van der Waals surface area contributed by atoms with Gasteiger partial charge in [-0.3, -0.25) is 0 Å². The second-order valence-electron chi connectivity index (χ2n) is 2.94. The van der Waals surface area contributed by atoms with E-state index in [1.54, 1.807) is 0 Å². The largest absolute Gasteiger partial charge is 0.300 e. The van der Waals surface area contributed by atoms with Crippen molar-refractivity contribution in [2.45, 2.75) is 34.6 Å². The molecule has 0 aliphatic rings. The van der Waals surface area contributed by atoms with Crippen molar-refractivity contribution >= 4 is 9.39 Å². The summed E-state index contributed by atoms with van der Waals surface area (Å²) >= 11 is 0. The third-order valence-corrected chi connectivity index (χ3v) is 0.837. The molecule has 0 fully saturated rings. The maximum atomic E-state index is 3.02. The number of hydrogen-bond donors (Lipinski definition) is 1. The predicted octanol–water partition coefficient (Wildman–Crippen LogP) is 2.44. The fraction of sp³-hybridized carbons (Fsp3) is 1.00. The predicted molar refractivity (Wildman–Crippen MR) is 48.5 cm³/mol. The third-order valence-electron chi connectivity index (χ3n) is 0.632. The van der Waals surface area contributed by atoms with Gasteiger partial charge in [0.25, 0.3) is 0 Å². The Hall–Kier alpha value is 0.390. The number of nitrogens with one attached hydrogen (secondary N) is 1. The molecular formula is C7H20NP. The molecular weight excluding hydrogens is 129 g/mol. The van der Waals surface area contributed by atoms with Crippen LogP contribution in [0.1, 0.15) is 34.6 Å². The SMILES string of the molecule is CC.CC(C)(C)CNP. The van der Waals surface area contributed by atoms with Gasteiger partial charge in [-0.1, -0.05) is 44.0 Å². The van der Waals surface area contributed by atoms with Crippen LogP contribution in [-0.2, 0) is 0 Å². The first-order valence-corrected chi connectivity index (χ1v) is 4.07. The molecule has 1 unspecified atom stereocenters. The van der Waals surface area contributed by atoms with Crippen LogP contribution < -0.4 is 5.09 Å². The molecule has 0 rings (SSSR count). The first-order chi connectivity index (χ1) is 4.06. The van der Waals surface area contributed by atoms with Crippen LogP contribution in [0.25, 0.3) is 0 Å². The highest BCUT2D eigenvalue weighted by Crippen LogP contribution is 2.10. The van der Waals surface area contributed by atoms with Crippen LogP contribution >= 0.6 is 9.39 Å². The van der Waals surface area contributed by atoms with Gasteiger partial charge in [-0.15, -0.1) is 0 Å². The summed E-state index contributed by atoms with van der Waals surface area (Å²) < 4.78 is 0. The lowest BCUT2D eigenvalue weighted by Gasteiger charge is -2.15. The van der Waals surface area contributed by atoms with Crippen LogP contribution in [0.5, 0.6) is 0 Å². The summed E-state index contributed by atoms with van der Waals surface area (Å²) in [5.74, 6) is 0. The lowest BCUT2D eigenvalue weighted by Crippen LogP contribution is -2.19. The molecule has 0 aromatic heterocycles. The van der Waals surface area contributed by atoms with Crippen molar-refractivity contribution in [1.29, 1.82) is 0 Å². The highest BCUT2D eigenvalue weighted by atomic mass is 31.0. The monoisotopic (exact) mass is 149 g/mol. The summed E-state index contributed by atoms with van der Waals surface area (Å²) in [5, 5.41) is 3.02. The Kier molecular flexibility index (Phi) is 8.75. The summed E-state index contributed by atoms with van der Waals surface area (Å²) in [4.78, 5) is 0. The molecule has 58 valence electrons. The van der Waals surface area contributed by atoms with Crippen LogP contribution in [0.15, 0.2) is 0 Å². The van der Waals surface area contributed by atoms with E-state index in [0.29, 0.717) is 5.41 Å². The Morgan fingerprint density at radius 1 is 1.22 bits per heavy atom. The van der Waals surface area contributed by atoms with E-state index in [1.807, 2.05) is 13.8 Å². The average molecular weight is 149 g/mol. The molecule has 0 saturated carbocycles. The van der Waals surface area contributed by atoms with Crippen molar-refractivity contribution in [3.63, 3.8) is 0 Å². The molecule has 0 aromatic rings. The normalized spacial score (nSPS) is 10.0. The van der Waals surface area contributed by atoms with Crippen molar-refractivity contribution < 1.29 is 0 Å². The van der Waals surface area contributed by atoms with Crippen LogP contribution in [0.3, 0.4) is 0 Å². The molecule has 0 radical (unpaired) electrons. The molecule has 1 N–H and O–H groups in total. The molecule has 1 atom stereocenters. The zero-order valence-corrected chi connectivity index (χ0v) is 8.44. The summed E-state index contributed by atoms with van der Waals surface area (Å²) in [6, 6.07) is 0. The van der Waals surface area contributed by atoms with E-state index >= 15 is 0 Å². The van der Waals surface area contributed by atoms with Gasteiger partial charge in [0.2, 0.25) is 0 Å². The van der Waals surface area contributed by atoms with E-state index < -0.39 is 0 Å². The van der Waals surface area contributed by atoms with Crippen molar-refractivity contribution in [3.8, 4) is 0 Å². The summed E-state index contributed by atoms with van der Waals surface area (Å²) in [5.41, 5.74) is 0.418. The molecule has 0 spiro atoms. The van der Waals surface area contributed by atoms with Gasteiger partial charge < -0.3 is 5.09 Å². The van der Waals surface area contributed by atoms with Gasteiger partial charge >= 0.3 is 0 Å². The molecule has 0 saturated heterocycles. The topological polar surface area (TPSA) is 12.0 Å². The zero-order valence-electron chi connectivity index (χ0n) is 7.28. The Labute approximate surface area is 61.9 Å². The molecule has 0 bridgehead atoms. The minimum atomic E-state index is 0.418. The molecule has 0 amide bonds. The second-order valence-corrected chi connectivity index (χ2v) is 3.35. The van der Waals surface area contributed by atoms with E-state index in [2.05, 4.69) is 35.2 Å². The number of hydrogen-bond acceptors (Lipinski definition) is 1. The molecule has 0 aliphatic heterocycles. The van der Waals surface area contributed by atoms with Gasteiger partial charge in [0, 0.05) is 6.54 Å². The smallest absolute Gasteiger partial charge is 0.00343 e. The summed E-state index contributed by atoms with van der Waals surface area (Å²) in [6.07, 6.45) is 0. The highest BCUT2D eigenvalue weighted by molar-refractivity contribution is 7.13. The fourth-order valence-corrected chi connectivity index (χ4v) is 0.919. The third kappa shape index (κ3) is 17.8. The van der Waals surface area contributed by atoms with Crippen molar-refractivity contribution in [1.82, 2.24) is 5.09 Å². The first kappa shape index (κ1) is 12.1. The standard InChI is InChI=1S/C5H14NP.C2H6/c1-5(2,3)4-6-7;1-2/h6H,4,7H2,1-3H3;1-2H3. The van der Waals surface area contributed by atoms with Crippen LogP contribution in [0.2, 0.25) is 0 Å². The van der Waals surface area contributed by atoms with E-state index in [9.17, 15) is 0 Å². The van der Waals surface area contributed by atoms with Crippen molar-refractivity contribution in [3.05, 3.63) is 0 Å². The van der Waals surface area contributed by atoms with Crippen LogP contribution in [-0.4, -0.2) is 6.54 Å². The quantitative estimate of drug-likeness (QED) is 0.565. The fourth-order valence-electron chi connectivity index (χ4n) is 0.306. The molecule has 0 heterocycles.